The SMILES string of the molecule is O=C1C2=C[C@@H]3[C@H]1[C@@H]1C(=O)C(=C[C@@H]1C31CC1)CCC2. The number of carbonyl (C=O) groups is 2. The van der Waals surface area contributed by atoms with Gasteiger partial charge in [0, 0.05) is 11.8 Å². The summed E-state index contributed by atoms with van der Waals surface area (Å²) in [5.74, 6) is 1.48. The maximum Gasteiger partial charge on any atom is 0.162 e. The van der Waals surface area contributed by atoms with Crippen molar-refractivity contribution >= 4 is 11.6 Å². The first-order chi connectivity index (χ1) is 8.72. The molecule has 0 heterocycles. The second-order valence-corrected chi connectivity index (χ2v) is 6.80. The lowest BCUT2D eigenvalue weighted by atomic mass is 9.84. The number of hydrogen-bond donors (Lipinski definition) is 0. The van der Waals surface area contributed by atoms with E-state index in [1.165, 1.54) is 12.8 Å². The molecular weight excluding hydrogens is 224 g/mol. The average molecular weight is 240 g/mol. The van der Waals surface area contributed by atoms with Crippen LogP contribution in [-0.4, -0.2) is 11.6 Å². The summed E-state index contributed by atoms with van der Waals surface area (Å²) in [6.07, 6.45) is 9.75. The molecule has 5 aliphatic rings. The quantitative estimate of drug-likeness (QED) is 0.651. The van der Waals surface area contributed by atoms with Crippen LogP contribution in [0, 0.1) is 29.1 Å². The Morgan fingerprint density at radius 3 is 1.83 bits per heavy atom. The van der Waals surface area contributed by atoms with Crippen LogP contribution < -0.4 is 0 Å². The zero-order valence-corrected chi connectivity index (χ0v) is 10.3. The van der Waals surface area contributed by atoms with Gasteiger partial charge in [-0.2, -0.15) is 0 Å². The fourth-order valence-corrected chi connectivity index (χ4v) is 5.30. The van der Waals surface area contributed by atoms with Crippen LogP contribution in [0.3, 0.4) is 0 Å². The van der Waals surface area contributed by atoms with Crippen molar-refractivity contribution in [3.8, 4) is 0 Å². The fourth-order valence-electron chi connectivity index (χ4n) is 5.30. The smallest absolute Gasteiger partial charge is 0.162 e. The zero-order chi connectivity index (χ0) is 12.1. The van der Waals surface area contributed by atoms with Crippen LogP contribution in [0.15, 0.2) is 23.3 Å². The number of ketones is 2. The minimum absolute atomic E-state index is 0.0202. The molecule has 3 saturated carbocycles. The molecule has 0 radical (unpaired) electrons. The summed E-state index contributed by atoms with van der Waals surface area (Å²) < 4.78 is 0. The van der Waals surface area contributed by atoms with Gasteiger partial charge in [-0.05, 0) is 60.5 Å². The summed E-state index contributed by atoms with van der Waals surface area (Å²) in [4.78, 5) is 25.1. The van der Waals surface area contributed by atoms with Gasteiger partial charge < -0.3 is 0 Å². The highest BCUT2D eigenvalue weighted by atomic mass is 16.1. The molecule has 0 aliphatic heterocycles. The highest BCUT2D eigenvalue weighted by Gasteiger charge is 2.70. The Hall–Kier alpha value is -1.18. The van der Waals surface area contributed by atoms with E-state index in [0.717, 1.165) is 30.4 Å². The van der Waals surface area contributed by atoms with Crippen molar-refractivity contribution in [2.24, 2.45) is 29.1 Å². The van der Waals surface area contributed by atoms with Crippen molar-refractivity contribution in [3.05, 3.63) is 23.3 Å². The van der Waals surface area contributed by atoms with Crippen molar-refractivity contribution in [1.82, 2.24) is 0 Å². The summed E-state index contributed by atoms with van der Waals surface area (Å²) >= 11 is 0. The summed E-state index contributed by atoms with van der Waals surface area (Å²) in [5, 5.41) is 0. The molecule has 0 amide bonds. The van der Waals surface area contributed by atoms with E-state index >= 15 is 0 Å². The summed E-state index contributed by atoms with van der Waals surface area (Å²) in [6, 6.07) is 0. The lowest BCUT2D eigenvalue weighted by Gasteiger charge is -2.19. The second-order valence-electron chi connectivity index (χ2n) is 6.80. The zero-order valence-electron chi connectivity index (χ0n) is 10.3. The van der Waals surface area contributed by atoms with Crippen molar-refractivity contribution in [2.45, 2.75) is 32.1 Å². The highest BCUT2D eigenvalue weighted by Crippen LogP contribution is 2.73. The minimum Gasteiger partial charge on any atom is -0.294 e. The van der Waals surface area contributed by atoms with E-state index in [0.29, 0.717) is 28.8 Å². The van der Waals surface area contributed by atoms with E-state index in [1.54, 1.807) is 0 Å². The van der Waals surface area contributed by atoms with E-state index in [2.05, 4.69) is 12.2 Å². The average Bonchev–Trinajstić information content (AvgIpc) is 2.95. The first-order valence-corrected chi connectivity index (χ1v) is 7.22. The number of rotatable bonds is 0. The number of allylic oxidation sites excluding steroid dienone is 4. The van der Waals surface area contributed by atoms with Crippen molar-refractivity contribution in [3.63, 3.8) is 0 Å². The molecule has 0 saturated heterocycles. The molecule has 1 spiro atoms. The van der Waals surface area contributed by atoms with Gasteiger partial charge in [-0.25, -0.2) is 0 Å². The summed E-state index contributed by atoms with van der Waals surface area (Å²) in [6.45, 7) is 0. The van der Waals surface area contributed by atoms with Crippen LogP contribution in [0.2, 0.25) is 0 Å². The molecule has 5 aliphatic carbocycles. The van der Waals surface area contributed by atoms with Gasteiger partial charge in [0.05, 0.1) is 0 Å². The van der Waals surface area contributed by atoms with E-state index in [1.807, 2.05) is 0 Å². The highest BCUT2D eigenvalue weighted by molar-refractivity contribution is 6.09. The molecule has 92 valence electrons. The van der Waals surface area contributed by atoms with Gasteiger partial charge in [0.25, 0.3) is 0 Å². The molecule has 2 nitrogen and oxygen atoms in total. The van der Waals surface area contributed by atoms with Gasteiger partial charge in [0.2, 0.25) is 0 Å². The lowest BCUT2D eigenvalue weighted by molar-refractivity contribution is -0.127. The first kappa shape index (κ1) is 9.71. The van der Waals surface area contributed by atoms with Gasteiger partial charge in [0.15, 0.2) is 11.6 Å². The van der Waals surface area contributed by atoms with Gasteiger partial charge in [0.1, 0.15) is 0 Å². The van der Waals surface area contributed by atoms with Crippen LogP contribution in [0.25, 0.3) is 0 Å². The van der Waals surface area contributed by atoms with Crippen molar-refractivity contribution < 1.29 is 9.59 Å². The molecule has 4 bridgehead atoms. The third kappa shape index (κ3) is 0.847. The predicted octanol–water partition coefficient (Wildman–Crippen LogP) is 2.45. The normalized spacial score (nSPS) is 46.0. The summed E-state index contributed by atoms with van der Waals surface area (Å²) in [5.41, 5.74) is 2.41. The van der Waals surface area contributed by atoms with Crippen LogP contribution in [-0.2, 0) is 9.59 Å². The molecule has 4 atom stereocenters. The van der Waals surface area contributed by atoms with E-state index in [9.17, 15) is 9.59 Å². The van der Waals surface area contributed by atoms with Gasteiger partial charge in [-0.1, -0.05) is 12.2 Å². The molecule has 3 fully saturated rings. The van der Waals surface area contributed by atoms with E-state index in [-0.39, 0.29) is 11.8 Å². The third-order valence-electron chi connectivity index (χ3n) is 6.21. The molecule has 2 heteroatoms. The molecular formula is C16H16O2. The van der Waals surface area contributed by atoms with Gasteiger partial charge in [-0.3, -0.25) is 9.59 Å². The Bertz CT molecular complexity index is 516. The molecule has 0 aromatic rings. The van der Waals surface area contributed by atoms with Crippen LogP contribution >= 0.6 is 0 Å². The minimum atomic E-state index is 0.0202. The molecule has 0 N–H and O–H groups in total. The molecule has 18 heavy (non-hydrogen) atoms. The Morgan fingerprint density at radius 1 is 0.889 bits per heavy atom. The maximum absolute atomic E-state index is 12.6. The Morgan fingerprint density at radius 2 is 1.39 bits per heavy atom. The van der Waals surface area contributed by atoms with E-state index < -0.39 is 0 Å². The number of carbonyl (C=O) groups excluding carboxylic acids is 2. The number of Topliss-reactive ketones (excluding diaryl/α,β-unsaturated/α-hetero) is 2. The van der Waals surface area contributed by atoms with Gasteiger partial charge >= 0.3 is 0 Å². The Balaban J connectivity index is 1.77. The van der Waals surface area contributed by atoms with Crippen LogP contribution in [0.1, 0.15) is 32.1 Å². The largest absolute Gasteiger partial charge is 0.294 e. The molecule has 0 unspecified atom stereocenters. The standard InChI is InChI=1S/C16H16O2/c17-14-8-2-1-3-9-7-11-13(15(9)18)12(14)10(6-8)16(11)4-5-16/h6-7,10-13H,1-5H2/t10-,11+,12+,13-. The Labute approximate surface area is 106 Å². The van der Waals surface area contributed by atoms with Crippen molar-refractivity contribution in [2.75, 3.05) is 0 Å². The first-order valence-electron chi connectivity index (χ1n) is 7.22. The molecule has 5 rings (SSSR count). The number of hydrogen-bond acceptors (Lipinski definition) is 2. The van der Waals surface area contributed by atoms with Crippen LogP contribution in [0.4, 0.5) is 0 Å². The Kier molecular flexibility index (Phi) is 1.46. The van der Waals surface area contributed by atoms with Crippen molar-refractivity contribution in [1.29, 1.82) is 0 Å². The molecule has 0 aromatic heterocycles. The fraction of sp³-hybridized carbons (Fsp3) is 0.625. The van der Waals surface area contributed by atoms with Crippen LogP contribution in [0.5, 0.6) is 0 Å². The second kappa shape index (κ2) is 2.71. The lowest BCUT2D eigenvalue weighted by Crippen LogP contribution is -2.26. The molecule has 0 aromatic carbocycles. The topological polar surface area (TPSA) is 34.1 Å². The predicted molar refractivity (Wildman–Crippen MR) is 65.7 cm³/mol. The van der Waals surface area contributed by atoms with Gasteiger partial charge in [-0.15, -0.1) is 0 Å². The monoisotopic (exact) mass is 240 g/mol. The number of fused-ring (bicyclic) bond motifs is 4. The van der Waals surface area contributed by atoms with E-state index in [4.69, 9.17) is 0 Å². The summed E-state index contributed by atoms with van der Waals surface area (Å²) in [7, 11) is 0. The maximum atomic E-state index is 12.6. The third-order valence-corrected chi connectivity index (χ3v) is 6.21.